The molecule has 0 aliphatic heterocycles. The molecule has 0 saturated carbocycles. The number of carbonyl (C=O) groups excluding carboxylic acids is 1. The molecule has 0 atom stereocenters. The SMILES string of the molecule is CC(=O)OCCn1c(Cl)cnc(N(C)CCc2ccccn2)c1=O. The monoisotopic (exact) mass is 350 g/mol. The van der Waals surface area contributed by atoms with Gasteiger partial charge in [-0.3, -0.25) is 19.1 Å². The van der Waals surface area contributed by atoms with E-state index >= 15 is 0 Å². The lowest BCUT2D eigenvalue weighted by Crippen LogP contribution is -2.33. The molecule has 0 aliphatic rings. The summed E-state index contributed by atoms with van der Waals surface area (Å²) in [5.41, 5.74) is 0.617. The molecule has 2 rings (SSSR count). The molecule has 0 N–H and O–H groups in total. The fourth-order valence-corrected chi connectivity index (χ4v) is 2.35. The van der Waals surface area contributed by atoms with Gasteiger partial charge in [-0.15, -0.1) is 0 Å². The Labute approximate surface area is 144 Å². The highest BCUT2D eigenvalue weighted by Crippen LogP contribution is 2.09. The smallest absolute Gasteiger partial charge is 0.302 e. The molecule has 0 spiro atoms. The number of pyridine rings is 1. The van der Waals surface area contributed by atoms with Gasteiger partial charge in [0.05, 0.1) is 12.7 Å². The summed E-state index contributed by atoms with van der Waals surface area (Å²) in [4.78, 5) is 33.5. The Balaban J connectivity index is 2.09. The number of likely N-dealkylation sites (N-methyl/N-ethyl adjacent to an activating group) is 1. The van der Waals surface area contributed by atoms with Crippen LogP contribution in [-0.2, 0) is 22.5 Å². The van der Waals surface area contributed by atoms with E-state index in [0.29, 0.717) is 13.0 Å². The molecule has 2 heterocycles. The number of rotatable bonds is 7. The van der Waals surface area contributed by atoms with Crippen LogP contribution in [-0.4, -0.2) is 40.7 Å². The van der Waals surface area contributed by atoms with Gasteiger partial charge in [0.15, 0.2) is 5.82 Å². The van der Waals surface area contributed by atoms with Crippen LogP contribution in [0.1, 0.15) is 12.6 Å². The van der Waals surface area contributed by atoms with Crippen LogP contribution in [0.2, 0.25) is 5.15 Å². The van der Waals surface area contributed by atoms with Crippen molar-refractivity contribution in [2.24, 2.45) is 0 Å². The Bertz CT molecular complexity index is 749. The van der Waals surface area contributed by atoms with Gasteiger partial charge in [0.1, 0.15) is 11.8 Å². The molecular formula is C16H19ClN4O3. The first-order valence-electron chi connectivity index (χ1n) is 7.49. The van der Waals surface area contributed by atoms with E-state index in [4.69, 9.17) is 16.3 Å². The molecule has 2 aromatic heterocycles. The second-order valence-electron chi connectivity index (χ2n) is 5.19. The molecule has 128 valence electrons. The highest BCUT2D eigenvalue weighted by Gasteiger charge is 2.13. The third-order valence-corrected chi connectivity index (χ3v) is 3.70. The van der Waals surface area contributed by atoms with Gasteiger partial charge in [-0.25, -0.2) is 4.98 Å². The van der Waals surface area contributed by atoms with E-state index < -0.39 is 5.97 Å². The predicted molar refractivity (Wildman–Crippen MR) is 91.4 cm³/mol. The summed E-state index contributed by atoms with van der Waals surface area (Å²) in [6.45, 7) is 2.16. The van der Waals surface area contributed by atoms with Crippen molar-refractivity contribution in [2.75, 3.05) is 25.1 Å². The molecule has 0 saturated heterocycles. The summed E-state index contributed by atoms with van der Waals surface area (Å²) in [6, 6.07) is 5.71. The molecule has 0 aliphatic carbocycles. The van der Waals surface area contributed by atoms with Gasteiger partial charge < -0.3 is 9.64 Å². The van der Waals surface area contributed by atoms with Crippen LogP contribution in [0.3, 0.4) is 0 Å². The molecular weight excluding hydrogens is 332 g/mol. The maximum absolute atomic E-state index is 12.5. The van der Waals surface area contributed by atoms with Crippen molar-refractivity contribution in [2.45, 2.75) is 19.9 Å². The maximum Gasteiger partial charge on any atom is 0.302 e. The van der Waals surface area contributed by atoms with Crippen molar-refractivity contribution < 1.29 is 9.53 Å². The number of nitrogens with zero attached hydrogens (tertiary/aromatic N) is 4. The fraction of sp³-hybridized carbons (Fsp3) is 0.375. The van der Waals surface area contributed by atoms with Crippen molar-refractivity contribution >= 4 is 23.4 Å². The van der Waals surface area contributed by atoms with Crippen LogP contribution in [0.4, 0.5) is 5.82 Å². The van der Waals surface area contributed by atoms with Gasteiger partial charge >= 0.3 is 5.97 Å². The number of carbonyl (C=O) groups is 1. The Morgan fingerprint density at radius 2 is 2.17 bits per heavy atom. The fourth-order valence-electron chi connectivity index (χ4n) is 2.14. The summed E-state index contributed by atoms with van der Waals surface area (Å²) in [5.74, 6) is -0.112. The summed E-state index contributed by atoms with van der Waals surface area (Å²) in [5, 5.41) is 0.203. The highest BCUT2D eigenvalue weighted by molar-refractivity contribution is 6.29. The normalized spacial score (nSPS) is 10.5. The average molecular weight is 351 g/mol. The number of aromatic nitrogens is 3. The quantitative estimate of drug-likeness (QED) is 0.705. The van der Waals surface area contributed by atoms with Crippen molar-refractivity contribution in [3.8, 4) is 0 Å². The lowest BCUT2D eigenvalue weighted by molar-refractivity contribution is -0.141. The molecule has 0 aromatic carbocycles. The first-order valence-corrected chi connectivity index (χ1v) is 7.86. The summed E-state index contributed by atoms with van der Waals surface area (Å²) >= 11 is 6.03. The largest absolute Gasteiger partial charge is 0.464 e. The van der Waals surface area contributed by atoms with E-state index in [1.807, 2.05) is 18.2 Å². The Kier molecular flexibility index (Phi) is 6.31. The van der Waals surface area contributed by atoms with E-state index in [1.165, 1.54) is 17.7 Å². The third kappa shape index (κ3) is 4.79. The van der Waals surface area contributed by atoms with Crippen LogP contribution in [0.25, 0.3) is 0 Å². The van der Waals surface area contributed by atoms with Crippen molar-refractivity contribution in [3.63, 3.8) is 0 Å². The topological polar surface area (TPSA) is 77.3 Å². The molecule has 0 fully saturated rings. The minimum absolute atomic E-state index is 0.0794. The van der Waals surface area contributed by atoms with E-state index in [2.05, 4.69) is 9.97 Å². The Morgan fingerprint density at radius 3 is 2.83 bits per heavy atom. The van der Waals surface area contributed by atoms with E-state index in [0.717, 1.165) is 5.69 Å². The lowest BCUT2D eigenvalue weighted by atomic mass is 10.2. The summed E-state index contributed by atoms with van der Waals surface area (Å²) in [7, 11) is 1.79. The van der Waals surface area contributed by atoms with Crippen LogP contribution in [0.5, 0.6) is 0 Å². The highest BCUT2D eigenvalue weighted by atomic mass is 35.5. The molecule has 0 bridgehead atoms. The molecule has 0 unspecified atom stereocenters. The molecule has 7 nitrogen and oxygen atoms in total. The zero-order chi connectivity index (χ0) is 17.5. The van der Waals surface area contributed by atoms with E-state index in [-0.39, 0.29) is 29.7 Å². The molecule has 0 radical (unpaired) electrons. The Morgan fingerprint density at radius 1 is 1.38 bits per heavy atom. The summed E-state index contributed by atoms with van der Waals surface area (Å²) in [6.07, 6.45) is 3.84. The number of hydrogen-bond donors (Lipinski definition) is 0. The standard InChI is InChI=1S/C16H19ClN4O3/c1-12(22)24-10-9-21-14(17)11-19-15(16(21)23)20(2)8-6-13-5-3-4-7-18-13/h3-5,7,11H,6,8-10H2,1-2H3. The number of ether oxygens (including phenoxy) is 1. The predicted octanol–water partition coefficient (Wildman–Crippen LogP) is 1.53. The molecule has 0 amide bonds. The van der Waals surface area contributed by atoms with Gasteiger partial charge in [-0.2, -0.15) is 0 Å². The van der Waals surface area contributed by atoms with Crippen molar-refractivity contribution in [3.05, 3.63) is 51.8 Å². The second kappa shape index (κ2) is 8.44. The second-order valence-corrected chi connectivity index (χ2v) is 5.58. The zero-order valence-corrected chi connectivity index (χ0v) is 14.4. The van der Waals surface area contributed by atoms with E-state index in [1.54, 1.807) is 18.1 Å². The van der Waals surface area contributed by atoms with Crippen LogP contribution in [0.15, 0.2) is 35.4 Å². The molecule has 2 aromatic rings. The number of esters is 1. The van der Waals surface area contributed by atoms with Gasteiger partial charge in [0.25, 0.3) is 5.56 Å². The van der Waals surface area contributed by atoms with Gasteiger partial charge in [0, 0.05) is 38.8 Å². The first-order chi connectivity index (χ1) is 11.5. The summed E-state index contributed by atoms with van der Waals surface area (Å²) < 4.78 is 6.20. The first kappa shape index (κ1) is 17.9. The number of hydrogen-bond acceptors (Lipinski definition) is 6. The zero-order valence-electron chi connectivity index (χ0n) is 13.6. The van der Waals surface area contributed by atoms with E-state index in [9.17, 15) is 9.59 Å². The van der Waals surface area contributed by atoms with Crippen LogP contribution in [0, 0.1) is 0 Å². The van der Waals surface area contributed by atoms with Crippen LogP contribution >= 0.6 is 11.6 Å². The van der Waals surface area contributed by atoms with Crippen molar-refractivity contribution in [1.29, 1.82) is 0 Å². The minimum Gasteiger partial charge on any atom is -0.464 e. The number of halogens is 1. The molecule has 24 heavy (non-hydrogen) atoms. The van der Waals surface area contributed by atoms with Crippen molar-refractivity contribution in [1.82, 2.24) is 14.5 Å². The maximum atomic E-state index is 12.5. The number of anilines is 1. The average Bonchev–Trinajstić information content (AvgIpc) is 2.56. The molecule has 8 heteroatoms. The van der Waals surface area contributed by atoms with Gasteiger partial charge in [-0.05, 0) is 12.1 Å². The van der Waals surface area contributed by atoms with Gasteiger partial charge in [-0.1, -0.05) is 17.7 Å². The minimum atomic E-state index is -0.402. The lowest BCUT2D eigenvalue weighted by Gasteiger charge is -2.19. The van der Waals surface area contributed by atoms with Crippen LogP contribution < -0.4 is 10.5 Å². The van der Waals surface area contributed by atoms with Gasteiger partial charge in [0.2, 0.25) is 0 Å². The Hall–Kier alpha value is -2.41. The third-order valence-electron chi connectivity index (χ3n) is 3.40.